The molecule has 16 heavy (non-hydrogen) atoms. The summed E-state index contributed by atoms with van der Waals surface area (Å²) in [6.07, 6.45) is -0.397. The van der Waals surface area contributed by atoms with E-state index in [1.807, 2.05) is 0 Å². The van der Waals surface area contributed by atoms with E-state index in [9.17, 15) is 18.0 Å². The van der Waals surface area contributed by atoms with Crippen LogP contribution in [0.25, 0.3) is 0 Å². The normalized spacial score (nSPS) is 12.3. The van der Waals surface area contributed by atoms with E-state index in [0.717, 1.165) is 7.11 Å². The van der Waals surface area contributed by atoms with E-state index in [0.29, 0.717) is 12.1 Å². The number of rotatable bonds is 3. The second-order valence-electron chi connectivity index (χ2n) is 3.04. The number of halogens is 4. The van der Waals surface area contributed by atoms with Gasteiger partial charge in [-0.1, -0.05) is 0 Å². The van der Waals surface area contributed by atoms with Crippen LogP contribution in [0.1, 0.15) is 5.56 Å². The number of methoxy groups -OCH3 is 1. The van der Waals surface area contributed by atoms with E-state index < -0.39 is 40.8 Å². The third kappa shape index (κ3) is 2.88. The van der Waals surface area contributed by atoms with Gasteiger partial charge >= 0.3 is 5.97 Å². The Hall–Kier alpha value is -1.23. The summed E-state index contributed by atoms with van der Waals surface area (Å²) >= 11 is 5.55. The molecule has 0 radical (unpaired) electrons. The summed E-state index contributed by atoms with van der Waals surface area (Å²) in [6, 6.07) is 1.05. The first-order chi connectivity index (χ1) is 7.45. The zero-order chi connectivity index (χ0) is 12.3. The lowest BCUT2D eigenvalue weighted by Gasteiger charge is -2.09. The maximum atomic E-state index is 13.1. The predicted molar refractivity (Wildman–Crippen MR) is 51.7 cm³/mol. The third-order valence-electron chi connectivity index (χ3n) is 1.95. The van der Waals surface area contributed by atoms with E-state index in [1.165, 1.54) is 0 Å². The van der Waals surface area contributed by atoms with Gasteiger partial charge in [0.1, 0.15) is 22.8 Å². The van der Waals surface area contributed by atoms with Gasteiger partial charge in [0.25, 0.3) is 0 Å². The van der Waals surface area contributed by atoms with Crippen LogP contribution in [0, 0.1) is 17.5 Å². The summed E-state index contributed by atoms with van der Waals surface area (Å²) in [6.45, 7) is 0. The SMILES string of the molecule is COC(=O)C(Cl)Cc1c(F)cc(F)cc1F. The van der Waals surface area contributed by atoms with Crippen molar-refractivity contribution in [1.82, 2.24) is 0 Å². The number of carbonyl (C=O) groups is 1. The molecular formula is C10H8ClF3O2. The molecule has 0 aliphatic carbocycles. The van der Waals surface area contributed by atoms with Crippen LogP contribution in [-0.4, -0.2) is 18.5 Å². The highest BCUT2D eigenvalue weighted by Crippen LogP contribution is 2.18. The predicted octanol–water partition coefficient (Wildman–Crippen LogP) is 2.43. The highest BCUT2D eigenvalue weighted by Gasteiger charge is 2.21. The number of carbonyl (C=O) groups excluding carboxylic acids is 1. The molecule has 0 heterocycles. The number of benzene rings is 1. The lowest BCUT2D eigenvalue weighted by atomic mass is 10.1. The summed E-state index contributed by atoms with van der Waals surface area (Å²) in [5.41, 5.74) is -0.438. The van der Waals surface area contributed by atoms with Crippen LogP contribution >= 0.6 is 11.6 Å². The van der Waals surface area contributed by atoms with Gasteiger partial charge in [-0.2, -0.15) is 0 Å². The Bertz CT molecular complexity index is 386. The minimum absolute atomic E-state index is 0.397. The Kier molecular flexibility index (Phi) is 4.18. The van der Waals surface area contributed by atoms with Gasteiger partial charge in [0.05, 0.1) is 7.11 Å². The molecule has 2 nitrogen and oxygen atoms in total. The van der Waals surface area contributed by atoms with Crippen molar-refractivity contribution >= 4 is 17.6 Å². The van der Waals surface area contributed by atoms with Crippen LogP contribution in [-0.2, 0) is 16.0 Å². The molecule has 0 N–H and O–H groups in total. The van der Waals surface area contributed by atoms with Crippen molar-refractivity contribution in [3.05, 3.63) is 35.1 Å². The first-order valence-electron chi connectivity index (χ1n) is 4.31. The second kappa shape index (κ2) is 5.21. The summed E-state index contributed by atoms with van der Waals surface area (Å²) < 4.78 is 43.2. The largest absolute Gasteiger partial charge is 0.468 e. The molecule has 0 aromatic heterocycles. The second-order valence-corrected chi connectivity index (χ2v) is 3.57. The fraction of sp³-hybridized carbons (Fsp3) is 0.300. The standard InChI is InChI=1S/C10H8ClF3O2/c1-16-10(15)7(11)4-6-8(13)2-5(12)3-9(6)14/h2-3,7H,4H2,1H3. The fourth-order valence-electron chi connectivity index (χ4n) is 1.16. The molecule has 1 aromatic carbocycles. The van der Waals surface area contributed by atoms with Crippen molar-refractivity contribution in [2.45, 2.75) is 11.8 Å². The maximum Gasteiger partial charge on any atom is 0.324 e. The van der Waals surface area contributed by atoms with E-state index >= 15 is 0 Å². The smallest absolute Gasteiger partial charge is 0.324 e. The number of ether oxygens (including phenoxy) is 1. The minimum Gasteiger partial charge on any atom is -0.468 e. The van der Waals surface area contributed by atoms with Crippen LogP contribution in [0.5, 0.6) is 0 Å². The molecule has 1 aromatic rings. The molecule has 0 fully saturated rings. The van der Waals surface area contributed by atoms with Crippen molar-refractivity contribution in [3.63, 3.8) is 0 Å². The van der Waals surface area contributed by atoms with Crippen LogP contribution in [0.4, 0.5) is 13.2 Å². The zero-order valence-electron chi connectivity index (χ0n) is 8.27. The van der Waals surface area contributed by atoms with Gasteiger partial charge < -0.3 is 4.74 Å². The highest BCUT2D eigenvalue weighted by molar-refractivity contribution is 6.30. The van der Waals surface area contributed by atoms with E-state index in [1.54, 1.807) is 0 Å². The van der Waals surface area contributed by atoms with Crippen LogP contribution < -0.4 is 0 Å². The molecule has 0 amide bonds. The quantitative estimate of drug-likeness (QED) is 0.610. The number of hydrogen-bond donors (Lipinski definition) is 0. The van der Waals surface area contributed by atoms with Gasteiger partial charge in [0, 0.05) is 24.1 Å². The van der Waals surface area contributed by atoms with E-state index in [4.69, 9.17) is 11.6 Å². The summed E-state index contributed by atoms with van der Waals surface area (Å²) in [5, 5.41) is -1.21. The molecule has 88 valence electrons. The van der Waals surface area contributed by atoms with Crippen molar-refractivity contribution in [3.8, 4) is 0 Å². The molecule has 6 heteroatoms. The number of esters is 1. The van der Waals surface area contributed by atoms with Crippen molar-refractivity contribution in [2.75, 3.05) is 7.11 Å². The molecule has 0 spiro atoms. The highest BCUT2D eigenvalue weighted by atomic mass is 35.5. The van der Waals surface area contributed by atoms with Gasteiger partial charge in [-0.05, 0) is 0 Å². The maximum absolute atomic E-state index is 13.1. The Balaban J connectivity index is 2.93. The van der Waals surface area contributed by atoms with Gasteiger partial charge in [-0.15, -0.1) is 11.6 Å². The van der Waals surface area contributed by atoms with Gasteiger partial charge in [0.15, 0.2) is 0 Å². The first-order valence-corrected chi connectivity index (χ1v) is 4.74. The molecule has 0 aliphatic heterocycles. The molecule has 0 aliphatic rings. The topological polar surface area (TPSA) is 26.3 Å². The molecule has 1 atom stereocenters. The molecule has 1 unspecified atom stereocenters. The Morgan fingerprint density at radius 1 is 1.38 bits per heavy atom. The molecule has 0 bridgehead atoms. The summed E-state index contributed by atoms with van der Waals surface area (Å²) in [5.74, 6) is -3.98. The first kappa shape index (κ1) is 12.8. The fourth-order valence-corrected chi connectivity index (χ4v) is 1.40. The Morgan fingerprint density at radius 2 is 1.88 bits per heavy atom. The molecular weight excluding hydrogens is 245 g/mol. The summed E-state index contributed by atoms with van der Waals surface area (Å²) in [7, 11) is 1.11. The van der Waals surface area contributed by atoms with Crippen LogP contribution in [0.3, 0.4) is 0 Å². The Labute approximate surface area is 95.0 Å². The number of hydrogen-bond acceptors (Lipinski definition) is 2. The number of alkyl halides is 1. The van der Waals surface area contributed by atoms with E-state index in [2.05, 4.69) is 4.74 Å². The zero-order valence-corrected chi connectivity index (χ0v) is 9.02. The lowest BCUT2D eigenvalue weighted by molar-refractivity contribution is -0.140. The van der Waals surface area contributed by atoms with Crippen molar-refractivity contribution in [1.29, 1.82) is 0 Å². The third-order valence-corrected chi connectivity index (χ3v) is 2.28. The monoisotopic (exact) mass is 252 g/mol. The van der Waals surface area contributed by atoms with E-state index in [-0.39, 0.29) is 0 Å². The Morgan fingerprint density at radius 3 is 2.31 bits per heavy atom. The van der Waals surface area contributed by atoms with Gasteiger partial charge in [0.2, 0.25) is 0 Å². The average Bonchev–Trinajstić information content (AvgIpc) is 2.21. The average molecular weight is 253 g/mol. The molecule has 1 rings (SSSR count). The minimum atomic E-state index is -1.21. The molecule has 0 saturated heterocycles. The summed E-state index contributed by atoms with van der Waals surface area (Å²) in [4.78, 5) is 10.9. The van der Waals surface area contributed by atoms with Crippen molar-refractivity contribution < 1.29 is 22.7 Å². The lowest BCUT2D eigenvalue weighted by Crippen LogP contribution is -2.20. The molecule has 0 saturated carbocycles. The van der Waals surface area contributed by atoms with Gasteiger partial charge in [-0.3, -0.25) is 4.79 Å². The van der Waals surface area contributed by atoms with Crippen LogP contribution in [0.15, 0.2) is 12.1 Å². The van der Waals surface area contributed by atoms with Crippen molar-refractivity contribution in [2.24, 2.45) is 0 Å². The van der Waals surface area contributed by atoms with Crippen LogP contribution in [0.2, 0.25) is 0 Å². The van der Waals surface area contributed by atoms with Gasteiger partial charge in [-0.25, -0.2) is 13.2 Å².